The predicted molar refractivity (Wildman–Crippen MR) is 83.6 cm³/mol. The lowest BCUT2D eigenvalue weighted by Gasteiger charge is -2.19. The van der Waals surface area contributed by atoms with Crippen LogP contribution in [0.3, 0.4) is 0 Å². The largest absolute Gasteiger partial charge is 0.460 e. The van der Waals surface area contributed by atoms with E-state index in [0.29, 0.717) is 0 Å². The Balaban J connectivity index is 2.66. The lowest BCUT2D eigenvalue weighted by atomic mass is 10.1. The normalized spacial score (nSPS) is 24.5. The van der Waals surface area contributed by atoms with E-state index in [1.807, 2.05) is 33.8 Å². The molecule has 1 aliphatic rings. The van der Waals surface area contributed by atoms with Gasteiger partial charge >= 0.3 is 5.97 Å². The molecule has 0 aliphatic heterocycles. The van der Waals surface area contributed by atoms with Crippen LogP contribution < -0.4 is 0 Å². The summed E-state index contributed by atoms with van der Waals surface area (Å²) in [7, 11) is 0. The second-order valence-electron chi connectivity index (χ2n) is 6.98. The molecule has 21 heavy (non-hydrogen) atoms. The van der Waals surface area contributed by atoms with Gasteiger partial charge in [-0.1, -0.05) is 31.0 Å². The maximum absolute atomic E-state index is 12.2. The minimum absolute atomic E-state index is 0.0862. The Morgan fingerprint density at radius 2 is 2.05 bits per heavy atom. The Kier molecular flexibility index (Phi) is 5.22. The molecule has 4 heteroatoms. The third-order valence-electron chi connectivity index (χ3n) is 3.49. The van der Waals surface area contributed by atoms with Gasteiger partial charge in [0.05, 0.1) is 12.1 Å². The van der Waals surface area contributed by atoms with Gasteiger partial charge in [-0.2, -0.15) is 0 Å². The number of allylic oxidation sites excluding steroid dienone is 2. The summed E-state index contributed by atoms with van der Waals surface area (Å²) in [6.45, 7) is 11.9. The molecule has 116 valence electrons. The number of hydrogen-bond donors (Lipinski definition) is 0. The van der Waals surface area contributed by atoms with Crippen molar-refractivity contribution in [3.8, 4) is 12.3 Å². The summed E-state index contributed by atoms with van der Waals surface area (Å²) in [6, 6.07) is 0. The molecule has 0 heterocycles. The molecule has 0 saturated heterocycles. The van der Waals surface area contributed by atoms with E-state index in [1.54, 1.807) is 6.21 Å². The van der Waals surface area contributed by atoms with Gasteiger partial charge < -0.3 is 9.57 Å². The third kappa shape index (κ3) is 4.93. The van der Waals surface area contributed by atoms with Crippen LogP contribution in [0.2, 0.25) is 0 Å². The van der Waals surface area contributed by atoms with Gasteiger partial charge in [0.25, 0.3) is 0 Å². The van der Waals surface area contributed by atoms with Crippen LogP contribution in [0.5, 0.6) is 0 Å². The van der Waals surface area contributed by atoms with Gasteiger partial charge in [-0.3, -0.25) is 4.79 Å². The Morgan fingerprint density at radius 3 is 2.57 bits per heavy atom. The first-order chi connectivity index (χ1) is 9.59. The zero-order valence-corrected chi connectivity index (χ0v) is 13.8. The van der Waals surface area contributed by atoms with Crippen molar-refractivity contribution < 1.29 is 14.4 Å². The summed E-state index contributed by atoms with van der Waals surface area (Å²) in [5.74, 6) is 2.25. The van der Waals surface area contributed by atoms with Crippen molar-refractivity contribution in [3.63, 3.8) is 0 Å². The van der Waals surface area contributed by atoms with Crippen LogP contribution in [0.25, 0.3) is 0 Å². The van der Waals surface area contributed by atoms with Crippen LogP contribution >= 0.6 is 0 Å². The molecule has 0 aromatic heterocycles. The highest BCUT2D eigenvalue weighted by molar-refractivity contribution is 5.81. The van der Waals surface area contributed by atoms with Gasteiger partial charge in [0.1, 0.15) is 5.60 Å². The Hall–Kier alpha value is -1.76. The van der Waals surface area contributed by atoms with Crippen molar-refractivity contribution in [2.75, 3.05) is 6.61 Å². The fraction of sp³-hybridized carbons (Fsp3) is 0.647. The molecule has 1 aliphatic carbocycles. The van der Waals surface area contributed by atoms with Crippen molar-refractivity contribution in [2.24, 2.45) is 22.4 Å². The molecule has 0 amide bonds. The molecule has 4 nitrogen and oxygen atoms in total. The minimum atomic E-state index is -0.455. The molecule has 0 radical (unpaired) electrons. The van der Waals surface area contributed by atoms with Gasteiger partial charge in [0.2, 0.25) is 0 Å². The van der Waals surface area contributed by atoms with Crippen LogP contribution in [0.15, 0.2) is 16.8 Å². The Morgan fingerprint density at radius 1 is 1.43 bits per heavy atom. The second-order valence-corrected chi connectivity index (χ2v) is 6.98. The zero-order valence-electron chi connectivity index (χ0n) is 13.8. The third-order valence-corrected chi connectivity index (χ3v) is 3.49. The molecule has 0 aromatic carbocycles. The van der Waals surface area contributed by atoms with E-state index in [9.17, 15) is 4.79 Å². The maximum atomic E-state index is 12.2. The number of carbonyl (C=O) groups is 1. The number of rotatable bonds is 5. The molecule has 0 spiro atoms. The highest BCUT2D eigenvalue weighted by Gasteiger charge is 2.61. The van der Waals surface area contributed by atoms with Crippen molar-refractivity contribution in [2.45, 2.75) is 47.1 Å². The summed E-state index contributed by atoms with van der Waals surface area (Å²) in [5.41, 5.74) is 0.400. The molecule has 0 unspecified atom stereocenters. The van der Waals surface area contributed by atoms with E-state index in [0.717, 1.165) is 5.57 Å². The molecule has 0 N–H and O–H groups in total. The van der Waals surface area contributed by atoms with E-state index < -0.39 is 5.60 Å². The highest BCUT2D eigenvalue weighted by atomic mass is 16.6. The molecule has 1 rings (SSSR count). The lowest BCUT2D eigenvalue weighted by molar-refractivity contribution is -0.157. The second kappa shape index (κ2) is 6.34. The molecule has 1 fully saturated rings. The van der Waals surface area contributed by atoms with Crippen molar-refractivity contribution >= 4 is 12.2 Å². The first-order valence-corrected chi connectivity index (χ1v) is 7.09. The number of ether oxygens (including phenoxy) is 1. The average Bonchev–Trinajstić information content (AvgIpc) is 2.84. The number of carbonyl (C=O) groups excluding carboxylic acids is 1. The number of oxime groups is 1. The number of terminal acetylenes is 1. The summed E-state index contributed by atoms with van der Waals surface area (Å²) in [4.78, 5) is 17.0. The van der Waals surface area contributed by atoms with Crippen LogP contribution in [0.1, 0.15) is 41.5 Å². The SMILES string of the molecule is C#CCON=CC(C)=C[C@@H]1[C@@H](C(=O)OC(C)(C)C)C1(C)C. The smallest absolute Gasteiger partial charge is 0.310 e. The zero-order chi connectivity index (χ0) is 16.3. The van der Waals surface area contributed by atoms with Gasteiger partial charge in [0.15, 0.2) is 6.61 Å². The number of nitrogens with zero attached hydrogens (tertiary/aromatic N) is 1. The lowest BCUT2D eigenvalue weighted by Crippen LogP contribution is -2.26. The summed E-state index contributed by atoms with van der Waals surface area (Å²) in [5, 5.41) is 3.77. The molecule has 0 bridgehead atoms. The number of hydrogen-bond acceptors (Lipinski definition) is 4. The van der Waals surface area contributed by atoms with Crippen LogP contribution in [-0.4, -0.2) is 24.4 Å². The molecule has 1 saturated carbocycles. The topological polar surface area (TPSA) is 47.9 Å². The van der Waals surface area contributed by atoms with E-state index in [-0.39, 0.29) is 29.8 Å². The first kappa shape index (κ1) is 17.3. The van der Waals surface area contributed by atoms with Gasteiger partial charge in [-0.15, -0.1) is 6.42 Å². The molecule has 0 aromatic rings. The monoisotopic (exact) mass is 291 g/mol. The Bertz CT molecular complexity index is 489. The van der Waals surface area contributed by atoms with Crippen LogP contribution in [0.4, 0.5) is 0 Å². The van der Waals surface area contributed by atoms with Crippen molar-refractivity contribution in [1.29, 1.82) is 0 Å². The first-order valence-electron chi connectivity index (χ1n) is 7.09. The van der Waals surface area contributed by atoms with Crippen molar-refractivity contribution in [3.05, 3.63) is 11.6 Å². The maximum Gasteiger partial charge on any atom is 0.310 e. The molecular formula is C17H25NO3. The van der Waals surface area contributed by atoms with Crippen LogP contribution in [-0.2, 0) is 14.4 Å². The number of esters is 1. The van der Waals surface area contributed by atoms with Crippen LogP contribution in [0, 0.1) is 29.6 Å². The average molecular weight is 291 g/mol. The summed E-state index contributed by atoms with van der Waals surface area (Å²) < 4.78 is 5.47. The summed E-state index contributed by atoms with van der Waals surface area (Å²) in [6.07, 6.45) is 8.71. The van der Waals surface area contributed by atoms with E-state index >= 15 is 0 Å². The standard InChI is InChI=1S/C17H25NO3/c1-8-9-20-18-11-12(2)10-13-14(17(13,6)7)15(19)21-16(3,4)5/h1,10-11,13-14H,9H2,2-7H3/t13-,14+/m1/s1. The van der Waals surface area contributed by atoms with Gasteiger partial charge in [-0.25, -0.2) is 0 Å². The molecular weight excluding hydrogens is 266 g/mol. The van der Waals surface area contributed by atoms with E-state index in [4.69, 9.17) is 16.0 Å². The molecule has 2 atom stereocenters. The minimum Gasteiger partial charge on any atom is -0.460 e. The quantitative estimate of drug-likeness (QED) is 0.257. The fourth-order valence-corrected chi connectivity index (χ4v) is 2.33. The predicted octanol–water partition coefficient (Wildman–Crippen LogP) is 3.18. The van der Waals surface area contributed by atoms with Crippen molar-refractivity contribution in [1.82, 2.24) is 0 Å². The highest BCUT2D eigenvalue weighted by Crippen LogP contribution is 2.60. The van der Waals surface area contributed by atoms with Gasteiger partial charge in [-0.05, 0) is 44.6 Å². The summed E-state index contributed by atoms with van der Waals surface area (Å²) >= 11 is 0. The van der Waals surface area contributed by atoms with E-state index in [2.05, 4.69) is 24.9 Å². The van der Waals surface area contributed by atoms with Gasteiger partial charge in [0, 0.05) is 0 Å². The fourth-order valence-electron chi connectivity index (χ4n) is 2.33. The Labute approximate surface area is 127 Å². The van der Waals surface area contributed by atoms with E-state index in [1.165, 1.54) is 0 Å².